The maximum atomic E-state index is 5.26. The molecule has 1 aromatic rings. The molecule has 120 valence electrons. The molecule has 3 atom stereocenters. The minimum atomic E-state index is 0.342. The molecule has 1 rings (SSSR count). The molecule has 3 unspecified atom stereocenters. The number of likely N-dealkylation sites (N-methyl/N-ethyl adjacent to an activating group) is 2. The van der Waals surface area contributed by atoms with Crippen molar-refractivity contribution < 1.29 is 4.74 Å². The molecule has 3 nitrogen and oxygen atoms in total. The van der Waals surface area contributed by atoms with Crippen LogP contribution in [0.4, 0.5) is 0 Å². The molecule has 3 heteroatoms. The van der Waals surface area contributed by atoms with Crippen LogP contribution >= 0.6 is 0 Å². The highest BCUT2D eigenvalue weighted by Gasteiger charge is 2.26. The molecule has 0 heterocycles. The first-order valence-electron chi connectivity index (χ1n) is 8.21. The van der Waals surface area contributed by atoms with Crippen molar-refractivity contribution in [2.24, 2.45) is 0 Å². The predicted molar refractivity (Wildman–Crippen MR) is 91.0 cm³/mol. The second-order valence-corrected chi connectivity index (χ2v) is 5.64. The topological polar surface area (TPSA) is 24.5 Å². The summed E-state index contributed by atoms with van der Waals surface area (Å²) in [7, 11) is 1.71. The average Bonchev–Trinajstić information content (AvgIpc) is 2.53. The van der Waals surface area contributed by atoms with Crippen molar-refractivity contribution in [2.75, 3.05) is 20.2 Å². The summed E-state index contributed by atoms with van der Waals surface area (Å²) >= 11 is 0. The van der Waals surface area contributed by atoms with Gasteiger partial charge in [0.15, 0.2) is 0 Å². The van der Waals surface area contributed by atoms with Crippen LogP contribution in [0.25, 0.3) is 0 Å². The molecule has 0 aromatic heterocycles. The van der Waals surface area contributed by atoms with Gasteiger partial charge in [-0.1, -0.05) is 32.9 Å². The number of benzene rings is 1. The van der Waals surface area contributed by atoms with E-state index in [-0.39, 0.29) is 0 Å². The van der Waals surface area contributed by atoms with E-state index in [2.05, 4.69) is 57.0 Å². The maximum Gasteiger partial charge on any atom is 0.118 e. The third kappa shape index (κ3) is 4.72. The average molecular weight is 292 g/mol. The lowest BCUT2D eigenvalue weighted by Gasteiger charge is -2.38. The van der Waals surface area contributed by atoms with E-state index in [1.54, 1.807) is 7.11 Å². The largest absolute Gasteiger partial charge is 0.497 e. The summed E-state index contributed by atoms with van der Waals surface area (Å²) in [4.78, 5) is 2.58. The fraction of sp³-hybridized carbons (Fsp3) is 0.667. The van der Waals surface area contributed by atoms with E-state index in [1.165, 1.54) is 12.0 Å². The van der Waals surface area contributed by atoms with Crippen LogP contribution in [0.1, 0.15) is 52.6 Å². The van der Waals surface area contributed by atoms with Crippen molar-refractivity contribution in [3.05, 3.63) is 29.8 Å². The summed E-state index contributed by atoms with van der Waals surface area (Å²) in [5.74, 6) is 0.913. The quantitative estimate of drug-likeness (QED) is 0.748. The summed E-state index contributed by atoms with van der Waals surface area (Å²) in [5.41, 5.74) is 1.33. The van der Waals surface area contributed by atoms with Gasteiger partial charge in [0.2, 0.25) is 0 Å². The highest BCUT2D eigenvalue weighted by Crippen LogP contribution is 2.25. The maximum absolute atomic E-state index is 5.26. The molecule has 21 heavy (non-hydrogen) atoms. The Labute approximate surface area is 130 Å². The molecule has 0 spiro atoms. The van der Waals surface area contributed by atoms with Gasteiger partial charge in [-0.2, -0.15) is 0 Å². The molecule has 0 aliphatic rings. The summed E-state index contributed by atoms with van der Waals surface area (Å²) in [6.45, 7) is 13.4. The number of nitrogens with zero attached hydrogens (tertiary/aromatic N) is 1. The van der Waals surface area contributed by atoms with Crippen LogP contribution < -0.4 is 10.1 Å². The van der Waals surface area contributed by atoms with Crippen molar-refractivity contribution >= 4 is 0 Å². The zero-order valence-electron chi connectivity index (χ0n) is 14.5. The van der Waals surface area contributed by atoms with Crippen molar-refractivity contribution in [3.63, 3.8) is 0 Å². The zero-order valence-corrected chi connectivity index (χ0v) is 14.5. The number of ether oxygens (including phenoxy) is 1. The van der Waals surface area contributed by atoms with Gasteiger partial charge in [-0.25, -0.2) is 0 Å². The van der Waals surface area contributed by atoms with Gasteiger partial charge in [0, 0.05) is 18.1 Å². The fourth-order valence-corrected chi connectivity index (χ4v) is 3.03. The Morgan fingerprint density at radius 3 is 2.14 bits per heavy atom. The number of nitrogens with one attached hydrogen (secondary N) is 1. The van der Waals surface area contributed by atoms with Crippen LogP contribution in [0.2, 0.25) is 0 Å². The van der Waals surface area contributed by atoms with Gasteiger partial charge in [-0.05, 0) is 51.1 Å². The molecule has 0 bridgehead atoms. The zero-order chi connectivity index (χ0) is 15.8. The van der Waals surface area contributed by atoms with E-state index in [0.717, 1.165) is 18.8 Å². The van der Waals surface area contributed by atoms with Gasteiger partial charge in [-0.15, -0.1) is 0 Å². The standard InChI is InChI=1S/C18H32N2O/c1-7-14(4)20(9-3)15(5)18(19-8-2)16-10-12-17(21-6)13-11-16/h10-15,18-19H,7-9H2,1-6H3. The number of hydrogen-bond acceptors (Lipinski definition) is 3. The molecule has 0 saturated heterocycles. The lowest BCUT2D eigenvalue weighted by atomic mass is 9.97. The Bertz CT molecular complexity index is 391. The van der Waals surface area contributed by atoms with Gasteiger partial charge in [0.1, 0.15) is 5.75 Å². The van der Waals surface area contributed by atoms with E-state index in [1.807, 2.05) is 12.1 Å². The minimum Gasteiger partial charge on any atom is -0.497 e. The SMILES string of the molecule is CCNC(c1ccc(OC)cc1)C(C)N(CC)C(C)CC. The van der Waals surface area contributed by atoms with Gasteiger partial charge in [-0.3, -0.25) is 4.90 Å². The second kappa shape index (κ2) is 9.06. The first-order valence-corrected chi connectivity index (χ1v) is 8.21. The number of hydrogen-bond donors (Lipinski definition) is 1. The second-order valence-electron chi connectivity index (χ2n) is 5.64. The molecule has 0 aliphatic heterocycles. The first-order chi connectivity index (χ1) is 10.1. The van der Waals surface area contributed by atoms with Gasteiger partial charge < -0.3 is 10.1 Å². The number of methoxy groups -OCH3 is 1. The Morgan fingerprint density at radius 1 is 1.10 bits per heavy atom. The van der Waals surface area contributed by atoms with Crippen molar-refractivity contribution in [2.45, 2.75) is 59.2 Å². The van der Waals surface area contributed by atoms with Gasteiger partial charge >= 0.3 is 0 Å². The van der Waals surface area contributed by atoms with Crippen LogP contribution in [0.5, 0.6) is 5.75 Å². The van der Waals surface area contributed by atoms with E-state index in [4.69, 9.17) is 4.74 Å². The lowest BCUT2D eigenvalue weighted by Crippen LogP contribution is -2.46. The lowest BCUT2D eigenvalue weighted by molar-refractivity contribution is 0.128. The Hall–Kier alpha value is -1.06. The van der Waals surface area contributed by atoms with Gasteiger partial charge in [0.25, 0.3) is 0 Å². The van der Waals surface area contributed by atoms with Crippen molar-refractivity contribution in [1.82, 2.24) is 10.2 Å². The van der Waals surface area contributed by atoms with E-state index >= 15 is 0 Å². The molecule has 0 aliphatic carbocycles. The van der Waals surface area contributed by atoms with Crippen LogP contribution in [-0.4, -0.2) is 37.2 Å². The molecular formula is C18H32N2O. The molecule has 0 radical (unpaired) electrons. The third-order valence-electron chi connectivity index (χ3n) is 4.43. The fourth-order valence-electron chi connectivity index (χ4n) is 3.03. The molecule has 0 amide bonds. The monoisotopic (exact) mass is 292 g/mol. The van der Waals surface area contributed by atoms with Crippen molar-refractivity contribution in [1.29, 1.82) is 0 Å². The normalized spacial score (nSPS) is 15.8. The highest BCUT2D eigenvalue weighted by atomic mass is 16.5. The van der Waals surface area contributed by atoms with E-state index < -0.39 is 0 Å². The van der Waals surface area contributed by atoms with Crippen LogP contribution in [0.3, 0.4) is 0 Å². The summed E-state index contributed by atoms with van der Waals surface area (Å²) in [5, 5.41) is 3.65. The van der Waals surface area contributed by atoms with E-state index in [0.29, 0.717) is 18.1 Å². The molecule has 0 fully saturated rings. The Morgan fingerprint density at radius 2 is 1.71 bits per heavy atom. The molecule has 1 N–H and O–H groups in total. The summed E-state index contributed by atoms with van der Waals surface area (Å²) < 4.78 is 5.26. The smallest absolute Gasteiger partial charge is 0.118 e. The summed E-state index contributed by atoms with van der Waals surface area (Å²) in [6, 6.07) is 9.84. The number of rotatable bonds is 9. The van der Waals surface area contributed by atoms with Crippen LogP contribution in [0.15, 0.2) is 24.3 Å². The molecule has 0 saturated carbocycles. The minimum absolute atomic E-state index is 0.342. The van der Waals surface area contributed by atoms with Crippen LogP contribution in [-0.2, 0) is 0 Å². The Kier molecular flexibility index (Phi) is 7.76. The third-order valence-corrected chi connectivity index (χ3v) is 4.43. The van der Waals surface area contributed by atoms with Gasteiger partial charge in [0.05, 0.1) is 7.11 Å². The van der Waals surface area contributed by atoms with Crippen molar-refractivity contribution in [3.8, 4) is 5.75 Å². The summed E-state index contributed by atoms with van der Waals surface area (Å²) in [6.07, 6.45) is 1.18. The molecule has 1 aromatic carbocycles. The van der Waals surface area contributed by atoms with Crippen LogP contribution in [0, 0.1) is 0 Å². The predicted octanol–water partition coefficient (Wildman–Crippen LogP) is 3.85. The first kappa shape index (κ1) is 18.0. The van der Waals surface area contributed by atoms with E-state index in [9.17, 15) is 0 Å². The molecular weight excluding hydrogens is 260 g/mol. The Balaban J connectivity index is 2.97. The highest BCUT2D eigenvalue weighted by molar-refractivity contribution is 5.30.